The third-order valence-electron chi connectivity index (χ3n) is 2.88. The van der Waals surface area contributed by atoms with Gasteiger partial charge in [0.1, 0.15) is 0 Å². The molecule has 0 fully saturated rings. The molecular formula is C13H26IN3. The number of hydrogen-bond acceptors (Lipinski definition) is 1. The molecule has 0 unspecified atom stereocenters. The fourth-order valence-electron chi connectivity index (χ4n) is 1.81. The first kappa shape index (κ1) is 16.7. The summed E-state index contributed by atoms with van der Waals surface area (Å²) in [6.07, 6.45) is 8.42. The third kappa shape index (κ3) is 8.46. The van der Waals surface area contributed by atoms with E-state index in [-0.39, 0.29) is 24.0 Å². The van der Waals surface area contributed by atoms with Crippen LogP contribution in [0, 0.1) is 5.92 Å². The lowest BCUT2D eigenvalue weighted by molar-refractivity contribution is 0.595. The number of halogens is 1. The van der Waals surface area contributed by atoms with E-state index in [1.54, 1.807) is 5.57 Å². The number of nitrogens with two attached hydrogens (primary N) is 1. The van der Waals surface area contributed by atoms with Gasteiger partial charge >= 0.3 is 0 Å². The molecule has 0 spiro atoms. The summed E-state index contributed by atoms with van der Waals surface area (Å²) in [7, 11) is 0. The van der Waals surface area contributed by atoms with Gasteiger partial charge in [-0.25, -0.2) is 0 Å². The highest BCUT2D eigenvalue weighted by Gasteiger charge is 2.03. The third-order valence-corrected chi connectivity index (χ3v) is 2.88. The lowest BCUT2D eigenvalue weighted by Crippen LogP contribution is -2.32. The monoisotopic (exact) mass is 351 g/mol. The van der Waals surface area contributed by atoms with Gasteiger partial charge in [0, 0.05) is 13.1 Å². The van der Waals surface area contributed by atoms with Crippen LogP contribution >= 0.6 is 24.0 Å². The molecule has 0 aromatic carbocycles. The van der Waals surface area contributed by atoms with Gasteiger partial charge in [0.15, 0.2) is 5.96 Å². The Balaban J connectivity index is 0.00000256. The van der Waals surface area contributed by atoms with Crippen molar-refractivity contribution in [2.24, 2.45) is 16.6 Å². The van der Waals surface area contributed by atoms with E-state index in [0.717, 1.165) is 25.9 Å². The summed E-state index contributed by atoms with van der Waals surface area (Å²) >= 11 is 0. The molecule has 17 heavy (non-hydrogen) atoms. The Hall–Kier alpha value is -0.260. The minimum atomic E-state index is 0. The molecule has 0 heterocycles. The maximum atomic E-state index is 5.76. The van der Waals surface area contributed by atoms with Crippen molar-refractivity contribution in [2.75, 3.05) is 13.1 Å². The highest BCUT2D eigenvalue weighted by molar-refractivity contribution is 14.0. The first-order chi connectivity index (χ1) is 7.68. The molecule has 0 radical (unpaired) electrons. The van der Waals surface area contributed by atoms with Gasteiger partial charge in [0.2, 0.25) is 0 Å². The molecule has 0 aromatic rings. The first-order valence-electron chi connectivity index (χ1n) is 6.40. The van der Waals surface area contributed by atoms with Crippen molar-refractivity contribution in [2.45, 2.75) is 46.0 Å². The molecule has 4 heteroatoms. The van der Waals surface area contributed by atoms with Crippen LogP contribution in [0.1, 0.15) is 46.0 Å². The van der Waals surface area contributed by atoms with Crippen molar-refractivity contribution in [3.8, 4) is 0 Å². The number of rotatable bonds is 6. The van der Waals surface area contributed by atoms with Crippen LogP contribution in [-0.4, -0.2) is 19.0 Å². The largest absolute Gasteiger partial charge is 0.370 e. The molecule has 0 bridgehead atoms. The number of nitrogens with zero attached hydrogens (tertiary/aromatic N) is 1. The number of nitrogens with one attached hydrogen (secondary N) is 1. The Labute approximate surface area is 122 Å². The van der Waals surface area contributed by atoms with Gasteiger partial charge in [-0.2, -0.15) is 0 Å². The molecule has 3 nitrogen and oxygen atoms in total. The summed E-state index contributed by atoms with van der Waals surface area (Å²) in [5, 5.41) is 3.17. The van der Waals surface area contributed by atoms with Crippen LogP contribution in [0.5, 0.6) is 0 Å². The molecule has 1 aliphatic carbocycles. The van der Waals surface area contributed by atoms with E-state index >= 15 is 0 Å². The standard InChI is InChI=1S/C13H25N3.HI/c1-11(2)7-9-15-13(14)16-10-8-12-5-3-4-6-12;/h5,11H,3-4,6-10H2,1-2H3,(H3,14,15,16);1H. The van der Waals surface area contributed by atoms with Crippen molar-refractivity contribution in [1.82, 2.24) is 5.32 Å². The molecular weight excluding hydrogens is 325 g/mol. The first-order valence-corrected chi connectivity index (χ1v) is 6.40. The van der Waals surface area contributed by atoms with E-state index in [9.17, 15) is 0 Å². The second-order valence-electron chi connectivity index (χ2n) is 4.88. The van der Waals surface area contributed by atoms with E-state index in [0.29, 0.717) is 11.9 Å². The average molecular weight is 351 g/mol. The topological polar surface area (TPSA) is 50.4 Å². The Morgan fingerprint density at radius 1 is 1.53 bits per heavy atom. The van der Waals surface area contributed by atoms with Crippen molar-refractivity contribution in [1.29, 1.82) is 0 Å². The average Bonchev–Trinajstić information content (AvgIpc) is 2.70. The maximum Gasteiger partial charge on any atom is 0.188 e. The fraction of sp³-hybridized carbons (Fsp3) is 0.769. The van der Waals surface area contributed by atoms with E-state index in [1.807, 2.05) is 0 Å². The van der Waals surface area contributed by atoms with Gasteiger partial charge in [-0.15, -0.1) is 24.0 Å². The zero-order chi connectivity index (χ0) is 11.8. The quantitative estimate of drug-likeness (QED) is 0.334. The van der Waals surface area contributed by atoms with Gasteiger partial charge in [0.25, 0.3) is 0 Å². The molecule has 1 rings (SSSR count). The zero-order valence-corrected chi connectivity index (χ0v) is 13.4. The van der Waals surface area contributed by atoms with Crippen molar-refractivity contribution < 1.29 is 0 Å². The normalized spacial score (nSPS) is 15.7. The van der Waals surface area contributed by atoms with Crippen LogP contribution in [0.15, 0.2) is 16.6 Å². The van der Waals surface area contributed by atoms with E-state index in [4.69, 9.17) is 5.73 Å². The van der Waals surface area contributed by atoms with Crippen molar-refractivity contribution in [3.63, 3.8) is 0 Å². The summed E-state index contributed by atoms with van der Waals surface area (Å²) in [6.45, 7) is 6.15. The van der Waals surface area contributed by atoms with Crippen molar-refractivity contribution in [3.05, 3.63) is 11.6 Å². The van der Waals surface area contributed by atoms with E-state index in [2.05, 4.69) is 30.2 Å². The molecule has 0 amide bonds. The van der Waals surface area contributed by atoms with Crippen LogP contribution in [0.4, 0.5) is 0 Å². The van der Waals surface area contributed by atoms with Crippen molar-refractivity contribution >= 4 is 29.9 Å². The smallest absolute Gasteiger partial charge is 0.188 e. The highest BCUT2D eigenvalue weighted by Crippen LogP contribution is 2.19. The lowest BCUT2D eigenvalue weighted by Gasteiger charge is -2.06. The fourth-order valence-corrected chi connectivity index (χ4v) is 1.81. The predicted molar refractivity (Wildman–Crippen MR) is 85.9 cm³/mol. The van der Waals surface area contributed by atoms with E-state index in [1.165, 1.54) is 19.3 Å². The highest BCUT2D eigenvalue weighted by atomic mass is 127. The number of allylic oxidation sites excluding steroid dienone is 1. The van der Waals surface area contributed by atoms with Gasteiger partial charge in [-0.1, -0.05) is 25.5 Å². The summed E-state index contributed by atoms with van der Waals surface area (Å²) in [5.41, 5.74) is 7.34. The Morgan fingerprint density at radius 2 is 2.29 bits per heavy atom. The molecule has 100 valence electrons. The number of hydrogen-bond donors (Lipinski definition) is 2. The van der Waals surface area contributed by atoms with Gasteiger partial charge in [-0.3, -0.25) is 4.99 Å². The van der Waals surface area contributed by atoms with Crippen LogP contribution in [-0.2, 0) is 0 Å². The predicted octanol–water partition coefficient (Wildman–Crippen LogP) is 3.06. The second kappa shape index (κ2) is 9.74. The van der Waals surface area contributed by atoms with Crippen LogP contribution < -0.4 is 11.1 Å². The Morgan fingerprint density at radius 3 is 2.88 bits per heavy atom. The van der Waals surface area contributed by atoms with Crippen LogP contribution in [0.2, 0.25) is 0 Å². The molecule has 0 atom stereocenters. The summed E-state index contributed by atoms with van der Waals surface area (Å²) in [6, 6.07) is 0. The van der Waals surface area contributed by atoms with Gasteiger partial charge < -0.3 is 11.1 Å². The zero-order valence-electron chi connectivity index (χ0n) is 11.0. The van der Waals surface area contributed by atoms with Crippen LogP contribution in [0.3, 0.4) is 0 Å². The van der Waals surface area contributed by atoms with Gasteiger partial charge in [-0.05, 0) is 38.0 Å². The van der Waals surface area contributed by atoms with E-state index < -0.39 is 0 Å². The summed E-state index contributed by atoms with van der Waals surface area (Å²) in [4.78, 5) is 4.29. The number of guanidine groups is 1. The minimum absolute atomic E-state index is 0. The van der Waals surface area contributed by atoms with Crippen LogP contribution in [0.25, 0.3) is 0 Å². The lowest BCUT2D eigenvalue weighted by atomic mass is 10.1. The summed E-state index contributed by atoms with van der Waals surface area (Å²) < 4.78 is 0. The molecule has 0 saturated carbocycles. The minimum Gasteiger partial charge on any atom is -0.370 e. The maximum absolute atomic E-state index is 5.76. The Kier molecular flexibility index (Phi) is 9.59. The van der Waals surface area contributed by atoms with Gasteiger partial charge in [0.05, 0.1) is 0 Å². The molecule has 0 saturated heterocycles. The summed E-state index contributed by atoms with van der Waals surface area (Å²) in [5.74, 6) is 1.29. The molecule has 0 aromatic heterocycles. The number of aliphatic imine (C=N–C) groups is 1. The molecule has 1 aliphatic rings. The second-order valence-corrected chi connectivity index (χ2v) is 4.88. The SMILES string of the molecule is CC(C)CCN=C(N)NCCC1=CCCC1.I. The molecule has 0 aliphatic heterocycles. The Bertz CT molecular complexity index is 259. The molecule has 3 N–H and O–H groups in total.